The SMILES string of the molecule is CCOc1ccccc1C1CC(=O)N(Cc2ccc(F)cc2)c2c1c(C)nn2-c1nc(C)cc(C)n1. The van der Waals surface area contributed by atoms with E-state index in [0.29, 0.717) is 18.4 Å². The Balaban J connectivity index is 1.71. The Morgan fingerprint density at radius 1 is 1.03 bits per heavy atom. The normalized spacial score (nSPS) is 15.2. The van der Waals surface area contributed by atoms with Crippen LogP contribution in [-0.4, -0.2) is 32.3 Å². The van der Waals surface area contributed by atoms with E-state index in [0.717, 1.165) is 39.5 Å². The number of carbonyl (C=O) groups is 1. The second-order valence-corrected chi connectivity index (χ2v) is 9.02. The predicted octanol–water partition coefficient (Wildman–Crippen LogP) is 5.19. The van der Waals surface area contributed by atoms with Gasteiger partial charge in [-0.05, 0) is 57.5 Å². The molecule has 1 aliphatic rings. The number of anilines is 1. The van der Waals surface area contributed by atoms with Gasteiger partial charge < -0.3 is 4.74 Å². The zero-order valence-corrected chi connectivity index (χ0v) is 20.8. The Morgan fingerprint density at radius 2 is 1.72 bits per heavy atom. The molecule has 5 rings (SSSR count). The van der Waals surface area contributed by atoms with Crippen LogP contribution in [0.5, 0.6) is 5.75 Å². The van der Waals surface area contributed by atoms with E-state index in [-0.39, 0.29) is 30.6 Å². The highest BCUT2D eigenvalue weighted by molar-refractivity contribution is 5.97. The van der Waals surface area contributed by atoms with Crippen molar-refractivity contribution in [3.8, 4) is 11.7 Å². The predicted molar refractivity (Wildman–Crippen MR) is 135 cm³/mol. The van der Waals surface area contributed by atoms with E-state index in [1.807, 2.05) is 58.0 Å². The number of fused-ring (bicyclic) bond motifs is 1. The summed E-state index contributed by atoms with van der Waals surface area (Å²) in [6.07, 6.45) is 0.262. The fraction of sp³-hybridized carbons (Fsp3) is 0.286. The van der Waals surface area contributed by atoms with Gasteiger partial charge in [0.05, 0.1) is 18.8 Å². The molecule has 0 radical (unpaired) electrons. The van der Waals surface area contributed by atoms with Crippen molar-refractivity contribution in [3.05, 3.63) is 94.2 Å². The van der Waals surface area contributed by atoms with E-state index in [4.69, 9.17) is 9.84 Å². The number of hydrogen-bond donors (Lipinski definition) is 0. The lowest BCUT2D eigenvalue weighted by Gasteiger charge is -2.33. The van der Waals surface area contributed by atoms with Gasteiger partial charge in [-0.3, -0.25) is 9.69 Å². The Bertz CT molecular complexity index is 1410. The summed E-state index contributed by atoms with van der Waals surface area (Å²) >= 11 is 0. The summed E-state index contributed by atoms with van der Waals surface area (Å²) in [6, 6.07) is 15.9. The Labute approximate surface area is 209 Å². The maximum absolute atomic E-state index is 13.7. The van der Waals surface area contributed by atoms with E-state index in [2.05, 4.69) is 9.97 Å². The summed E-state index contributed by atoms with van der Waals surface area (Å²) in [6.45, 7) is 8.50. The average Bonchev–Trinajstić information content (AvgIpc) is 3.19. The first-order valence-electron chi connectivity index (χ1n) is 12.0. The Hall–Kier alpha value is -4.07. The minimum Gasteiger partial charge on any atom is -0.494 e. The van der Waals surface area contributed by atoms with E-state index in [1.54, 1.807) is 21.7 Å². The molecule has 0 spiro atoms. The first-order valence-corrected chi connectivity index (χ1v) is 12.0. The van der Waals surface area contributed by atoms with Crippen LogP contribution in [0, 0.1) is 26.6 Å². The molecule has 1 atom stereocenters. The van der Waals surface area contributed by atoms with Crippen LogP contribution in [0.1, 0.15) is 53.0 Å². The minimum absolute atomic E-state index is 0.0614. The third-order valence-electron chi connectivity index (χ3n) is 6.37. The fourth-order valence-corrected chi connectivity index (χ4v) is 4.90. The van der Waals surface area contributed by atoms with Crippen LogP contribution in [0.25, 0.3) is 5.95 Å². The maximum atomic E-state index is 13.7. The molecule has 0 bridgehead atoms. The number of hydrogen-bond acceptors (Lipinski definition) is 5. The lowest BCUT2D eigenvalue weighted by molar-refractivity contribution is -0.119. The van der Waals surface area contributed by atoms with Crippen molar-refractivity contribution < 1.29 is 13.9 Å². The number of amides is 1. The van der Waals surface area contributed by atoms with Crippen LogP contribution in [0.4, 0.5) is 10.2 Å². The van der Waals surface area contributed by atoms with Gasteiger partial charge in [0.2, 0.25) is 5.91 Å². The Kier molecular flexibility index (Phi) is 6.26. The van der Waals surface area contributed by atoms with E-state index >= 15 is 0 Å². The number of ether oxygens (including phenoxy) is 1. The summed E-state index contributed by atoms with van der Waals surface area (Å²) in [5.74, 6) is 1.18. The quantitative estimate of drug-likeness (QED) is 0.376. The van der Waals surface area contributed by atoms with Gasteiger partial charge in [-0.25, -0.2) is 14.4 Å². The molecule has 8 heteroatoms. The third-order valence-corrected chi connectivity index (χ3v) is 6.37. The van der Waals surface area contributed by atoms with Crippen LogP contribution in [-0.2, 0) is 11.3 Å². The molecule has 2 aromatic heterocycles. The van der Waals surface area contributed by atoms with Crippen LogP contribution in [0.15, 0.2) is 54.6 Å². The molecule has 0 saturated heterocycles. The van der Waals surface area contributed by atoms with Crippen LogP contribution in [0.2, 0.25) is 0 Å². The van der Waals surface area contributed by atoms with Crippen molar-refractivity contribution in [1.29, 1.82) is 0 Å². The van der Waals surface area contributed by atoms with Crippen molar-refractivity contribution in [2.45, 2.75) is 46.6 Å². The highest BCUT2D eigenvalue weighted by atomic mass is 19.1. The van der Waals surface area contributed by atoms with E-state index in [9.17, 15) is 9.18 Å². The van der Waals surface area contributed by atoms with Crippen molar-refractivity contribution in [1.82, 2.24) is 19.7 Å². The summed E-state index contributed by atoms with van der Waals surface area (Å²) in [5, 5.41) is 4.83. The molecule has 0 saturated carbocycles. The molecule has 0 N–H and O–H groups in total. The van der Waals surface area contributed by atoms with Gasteiger partial charge in [0.1, 0.15) is 17.4 Å². The molecule has 7 nitrogen and oxygen atoms in total. The Morgan fingerprint density at radius 3 is 2.42 bits per heavy atom. The van der Waals surface area contributed by atoms with Crippen molar-refractivity contribution in [2.75, 3.05) is 11.5 Å². The molecular formula is C28H28FN5O2. The number of aromatic nitrogens is 4. The van der Waals surface area contributed by atoms with Gasteiger partial charge in [0.25, 0.3) is 5.95 Å². The van der Waals surface area contributed by atoms with Crippen LogP contribution in [0.3, 0.4) is 0 Å². The molecule has 0 aliphatic carbocycles. The first kappa shape index (κ1) is 23.7. The molecule has 36 heavy (non-hydrogen) atoms. The zero-order chi connectivity index (χ0) is 25.4. The third kappa shape index (κ3) is 4.34. The van der Waals surface area contributed by atoms with Crippen molar-refractivity contribution in [2.24, 2.45) is 0 Å². The summed E-state index contributed by atoms with van der Waals surface area (Å²) in [5.41, 5.74) is 5.11. The lowest BCUT2D eigenvalue weighted by Crippen LogP contribution is -2.38. The highest BCUT2D eigenvalue weighted by Gasteiger charge is 2.39. The number of carbonyl (C=O) groups excluding carboxylic acids is 1. The van der Waals surface area contributed by atoms with Gasteiger partial charge in [0.15, 0.2) is 0 Å². The molecule has 1 aliphatic heterocycles. The number of nitrogens with zero attached hydrogens (tertiary/aromatic N) is 5. The fourth-order valence-electron chi connectivity index (χ4n) is 4.90. The standard InChI is InChI=1S/C28H28FN5O2/c1-5-36-24-9-7-6-8-22(24)23-15-25(35)33(16-20-10-12-21(29)13-11-20)27-26(23)19(4)32-34(27)28-30-17(2)14-18(3)31-28/h6-14,23H,5,15-16H2,1-4H3. The second-order valence-electron chi connectivity index (χ2n) is 9.02. The largest absolute Gasteiger partial charge is 0.494 e. The topological polar surface area (TPSA) is 73.1 Å². The van der Waals surface area contributed by atoms with Gasteiger partial charge in [-0.1, -0.05) is 30.3 Å². The molecule has 3 heterocycles. The molecular weight excluding hydrogens is 457 g/mol. The number of rotatable bonds is 6. The van der Waals surface area contributed by atoms with Crippen LogP contribution >= 0.6 is 0 Å². The molecule has 184 valence electrons. The highest BCUT2D eigenvalue weighted by Crippen LogP contribution is 2.45. The first-order chi connectivity index (χ1) is 17.4. The second kappa shape index (κ2) is 9.53. The lowest BCUT2D eigenvalue weighted by atomic mass is 9.84. The molecule has 2 aromatic carbocycles. The van der Waals surface area contributed by atoms with Crippen molar-refractivity contribution >= 4 is 11.7 Å². The van der Waals surface area contributed by atoms with Crippen LogP contribution < -0.4 is 9.64 Å². The molecule has 0 fully saturated rings. The van der Waals surface area contributed by atoms with Gasteiger partial charge in [-0.2, -0.15) is 9.78 Å². The molecule has 1 unspecified atom stereocenters. The zero-order valence-electron chi connectivity index (χ0n) is 20.8. The number of para-hydroxylation sites is 1. The summed E-state index contributed by atoms with van der Waals surface area (Å²) in [4.78, 5) is 24.7. The summed E-state index contributed by atoms with van der Waals surface area (Å²) in [7, 11) is 0. The number of aryl methyl sites for hydroxylation is 3. The smallest absolute Gasteiger partial charge is 0.252 e. The van der Waals surface area contributed by atoms with E-state index in [1.165, 1.54) is 12.1 Å². The minimum atomic E-state index is -0.318. The van der Waals surface area contributed by atoms with Gasteiger partial charge in [0, 0.05) is 34.9 Å². The maximum Gasteiger partial charge on any atom is 0.252 e. The number of halogens is 1. The van der Waals surface area contributed by atoms with E-state index < -0.39 is 0 Å². The van der Waals surface area contributed by atoms with Gasteiger partial charge in [-0.15, -0.1) is 0 Å². The molecule has 4 aromatic rings. The average molecular weight is 486 g/mol. The summed E-state index contributed by atoms with van der Waals surface area (Å²) < 4.78 is 21.2. The van der Waals surface area contributed by atoms with Gasteiger partial charge >= 0.3 is 0 Å². The number of benzene rings is 2. The molecule has 1 amide bonds. The van der Waals surface area contributed by atoms with Crippen molar-refractivity contribution in [3.63, 3.8) is 0 Å². The monoisotopic (exact) mass is 485 g/mol.